The van der Waals surface area contributed by atoms with Crippen LogP contribution in [0.15, 0.2) is 0 Å². The molecule has 0 aromatic heterocycles. The van der Waals surface area contributed by atoms with Gasteiger partial charge in [0.1, 0.15) is 0 Å². The van der Waals surface area contributed by atoms with E-state index in [2.05, 4.69) is 18.7 Å². The highest BCUT2D eigenvalue weighted by Gasteiger charge is 2.33. The first-order valence-electron chi connectivity index (χ1n) is 5.82. The van der Waals surface area contributed by atoms with Gasteiger partial charge in [0.05, 0.1) is 13.2 Å². The third-order valence-electron chi connectivity index (χ3n) is 3.44. The van der Waals surface area contributed by atoms with E-state index in [0.717, 1.165) is 39.3 Å². The summed E-state index contributed by atoms with van der Waals surface area (Å²) in [5, 5.41) is 0. The Labute approximate surface area is 87.6 Å². The lowest BCUT2D eigenvalue weighted by Gasteiger charge is -2.44. The number of nitrogens with two attached hydrogens (primary N) is 1. The number of hydrogen-bond donors (Lipinski definition) is 1. The van der Waals surface area contributed by atoms with Crippen molar-refractivity contribution in [3.05, 3.63) is 0 Å². The van der Waals surface area contributed by atoms with E-state index in [9.17, 15) is 0 Å². The predicted octanol–water partition coefficient (Wildman–Crippen LogP) is 1.23. The fourth-order valence-corrected chi connectivity index (χ4v) is 2.44. The van der Waals surface area contributed by atoms with Crippen LogP contribution >= 0.6 is 0 Å². The molecule has 1 saturated heterocycles. The molecule has 14 heavy (non-hydrogen) atoms. The Kier molecular flexibility index (Phi) is 4.85. The molecule has 2 N–H and O–H groups in total. The number of ether oxygens (including phenoxy) is 1. The van der Waals surface area contributed by atoms with Gasteiger partial charge in [0.2, 0.25) is 0 Å². The minimum absolute atomic E-state index is 0.235. The summed E-state index contributed by atoms with van der Waals surface area (Å²) in [6.45, 7) is 9.09. The molecule has 0 spiro atoms. The van der Waals surface area contributed by atoms with Crippen molar-refractivity contribution in [3.8, 4) is 0 Å². The third-order valence-corrected chi connectivity index (χ3v) is 3.44. The molecule has 0 saturated carbocycles. The van der Waals surface area contributed by atoms with Crippen molar-refractivity contribution in [2.75, 3.05) is 32.8 Å². The molecule has 3 nitrogen and oxygen atoms in total. The second-order valence-corrected chi connectivity index (χ2v) is 4.13. The smallest absolute Gasteiger partial charge is 0.0594 e. The standard InChI is InChI=1S/C11H24N2O/c1-3-5-11(4-2,10-12)13-6-8-14-9-7-13/h3-10,12H2,1-2H3. The number of morpholine rings is 1. The Balaban J connectivity index is 2.62. The Bertz CT molecular complexity index is 151. The first-order valence-corrected chi connectivity index (χ1v) is 5.82. The molecule has 1 rings (SSSR count). The Morgan fingerprint density at radius 3 is 2.36 bits per heavy atom. The van der Waals surface area contributed by atoms with Gasteiger partial charge in [0.15, 0.2) is 0 Å². The fourth-order valence-electron chi connectivity index (χ4n) is 2.44. The minimum Gasteiger partial charge on any atom is -0.379 e. The van der Waals surface area contributed by atoms with E-state index in [4.69, 9.17) is 10.5 Å². The molecule has 1 atom stereocenters. The first-order chi connectivity index (χ1) is 6.79. The average Bonchev–Trinajstić information content (AvgIpc) is 2.27. The van der Waals surface area contributed by atoms with Crippen molar-refractivity contribution >= 4 is 0 Å². The Morgan fingerprint density at radius 2 is 1.93 bits per heavy atom. The van der Waals surface area contributed by atoms with Gasteiger partial charge in [-0.25, -0.2) is 0 Å². The monoisotopic (exact) mass is 200 g/mol. The Hall–Kier alpha value is -0.120. The third kappa shape index (κ3) is 2.47. The molecule has 1 unspecified atom stereocenters. The van der Waals surface area contributed by atoms with E-state index < -0.39 is 0 Å². The summed E-state index contributed by atoms with van der Waals surface area (Å²) < 4.78 is 5.38. The highest BCUT2D eigenvalue weighted by Crippen LogP contribution is 2.25. The molecule has 0 aromatic rings. The molecule has 0 aliphatic carbocycles. The van der Waals surface area contributed by atoms with Gasteiger partial charge in [-0.05, 0) is 12.8 Å². The summed E-state index contributed by atoms with van der Waals surface area (Å²) in [6.07, 6.45) is 3.57. The quantitative estimate of drug-likeness (QED) is 0.725. The zero-order valence-corrected chi connectivity index (χ0v) is 9.59. The van der Waals surface area contributed by atoms with Crippen LogP contribution in [0.3, 0.4) is 0 Å². The SMILES string of the molecule is CCCC(CC)(CN)N1CCOCC1. The molecule has 1 fully saturated rings. The van der Waals surface area contributed by atoms with E-state index in [1.54, 1.807) is 0 Å². The van der Waals surface area contributed by atoms with Crippen LogP contribution in [-0.2, 0) is 4.74 Å². The summed E-state index contributed by atoms with van der Waals surface area (Å²) in [4.78, 5) is 2.53. The summed E-state index contributed by atoms with van der Waals surface area (Å²) in [5.41, 5.74) is 6.19. The summed E-state index contributed by atoms with van der Waals surface area (Å²) in [7, 11) is 0. The second kappa shape index (κ2) is 5.69. The fraction of sp³-hybridized carbons (Fsp3) is 1.00. The first kappa shape index (κ1) is 12.0. The molecule has 0 bridgehead atoms. The summed E-state index contributed by atoms with van der Waals surface area (Å²) in [5.74, 6) is 0. The Morgan fingerprint density at radius 1 is 1.29 bits per heavy atom. The van der Waals surface area contributed by atoms with E-state index in [1.807, 2.05) is 0 Å². The zero-order chi connectivity index (χ0) is 10.4. The van der Waals surface area contributed by atoms with Gasteiger partial charge in [0, 0.05) is 25.2 Å². The maximum atomic E-state index is 5.95. The molecule has 84 valence electrons. The van der Waals surface area contributed by atoms with E-state index in [1.165, 1.54) is 12.8 Å². The second-order valence-electron chi connectivity index (χ2n) is 4.13. The van der Waals surface area contributed by atoms with E-state index >= 15 is 0 Å². The predicted molar refractivity (Wildman–Crippen MR) is 59.4 cm³/mol. The molecule has 1 aliphatic heterocycles. The maximum Gasteiger partial charge on any atom is 0.0594 e. The number of hydrogen-bond acceptors (Lipinski definition) is 3. The van der Waals surface area contributed by atoms with Crippen LogP contribution in [0.25, 0.3) is 0 Å². The normalized spacial score (nSPS) is 23.4. The van der Waals surface area contributed by atoms with Crippen LogP contribution in [0.1, 0.15) is 33.1 Å². The van der Waals surface area contributed by atoms with E-state index in [-0.39, 0.29) is 5.54 Å². The topological polar surface area (TPSA) is 38.5 Å². The van der Waals surface area contributed by atoms with Gasteiger partial charge in [-0.3, -0.25) is 4.90 Å². The van der Waals surface area contributed by atoms with Crippen molar-refractivity contribution < 1.29 is 4.74 Å². The van der Waals surface area contributed by atoms with Crippen LogP contribution in [0.2, 0.25) is 0 Å². The van der Waals surface area contributed by atoms with Crippen LogP contribution in [0.4, 0.5) is 0 Å². The van der Waals surface area contributed by atoms with Crippen LogP contribution in [0.5, 0.6) is 0 Å². The molecule has 1 aliphatic rings. The van der Waals surface area contributed by atoms with Gasteiger partial charge >= 0.3 is 0 Å². The zero-order valence-electron chi connectivity index (χ0n) is 9.59. The van der Waals surface area contributed by atoms with Gasteiger partial charge in [-0.15, -0.1) is 0 Å². The van der Waals surface area contributed by atoms with Gasteiger partial charge in [-0.1, -0.05) is 20.3 Å². The highest BCUT2D eigenvalue weighted by atomic mass is 16.5. The lowest BCUT2D eigenvalue weighted by atomic mass is 9.88. The minimum atomic E-state index is 0.235. The average molecular weight is 200 g/mol. The highest BCUT2D eigenvalue weighted by molar-refractivity contribution is 4.91. The molecule has 0 radical (unpaired) electrons. The summed E-state index contributed by atoms with van der Waals surface area (Å²) >= 11 is 0. The summed E-state index contributed by atoms with van der Waals surface area (Å²) in [6, 6.07) is 0. The lowest BCUT2D eigenvalue weighted by molar-refractivity contribution is -0.0248. The largest absolute Gasteiger partial charge is 0.379 e. The molecule has 0 aromatic carbocycles. The van der Waals surface area contributed by atoms with Crippen LogP contribution in [-0.4, -0.2) is 43.3 Å². The molecular formula is C11H24N2O. The van der Waals surface area contributed by atoms with Crippen LogP contribution < -0.4 is 5.73 Å². The maximum absolute atomic E-state index is 5.95. The number of rotatable bonds is 5. The lowest BCUT2D eigenvalue weighted by Crippen LogP contribution is -2.57. The molecule has 0 amide bonds. The molecule has 3 heteroatoms. The van der Waals surface area contributed by atoms with Crippen molar-refractivity contribution in [2.45, 2.75) is 38.6 Å². The van der Waals surface area contributed by atoms with E-state index in [0.29, 0.717) is 0 Å². The van der Waals surface area contributed by atoms with Crippen molar-refractivity contribution in [1.29, 1.82) is 0 Å². The number of nitrogens with zero attached hydrogens (tertiary/aromatic N) is 1. The molecule has 1 heterocycles. The van der Waals surface area contributed by atoms with Gasteiger partial charge < -0.3 is 10.5 Å². The van der Waals surface area contributed by atoms with Crippen molar-refractivity contribution in [2.24, 2.45) is 5.73 Å². The van der Waals surface area contributed by atoms with Crippen molar-refractivity contribution in [3.63, 3.8) is 0 Å². The van der Waals surface area contributed by atoms with Gasteiger partial charge in [0.25, 0.3) is 0 Å². The van der Waals surface area contributed by atoms with Crippen LogP contribution in [0, 0.1) is 0 Å². The van der Waals surface area contributed by atoms with Gasteiger partial charge in [-0.2, -0.15) is 0 Å². The van der Waals surface area contributed by atoms with Crippen molar-refractivity contribution in [1.82, 2.24) is 4.90 Å². The molecular weight excluding hydrogens is 176 g/mol.